The first kappa shape index (κ1) is 8.81. The highest BCUT2D eigenvalue weighted by Crippen LogP contribution is 2.31. The summed E-state index contributed by atoms with van der Waals surface area (Å²) in [6.07, 6.45) is 0. The Morgan fingerprint density at radius 2 is 2.00 bits per heavy atom. The lowest BCUT2D eigenvalue weighted by Crippen LogP contribution is -1.81. The Hall–Kier alpha value is -2.47. The highest BCUT2D eigenvalue weighted by atomic mass is 16.3. The number of nitrogen functional groups attached to an aromatic ring is 1. The molecule has 76 valence electrons. The minimum Gasteiger partial charge on any atom is -0.455 e. The second-order valence-corrected chi connectivity index (χ2v) is 3.65. The zero-order chi connectivity index (χ0) is 11.1. The molecule has 16 heavy (non-hydrogen) atoms. The fourth-order valence-electron chi connectivity index (χ4n) is 1.90. The van der Waals surface area contributed by atoms with Gasteiger partial charge in [0.25, 0.3) is 0 Å². The van der Waals surface area contributed by atoms with Crippen molar-refractivity contribution >= 4 is 27.6 Å². The Kier molecular flexibility index (Phi) is 1.66. The molecular weight excluding hydrogens is 200 g/mol. The first-order valence-electron chi connectivity index (χ1n) is 4.90. The van der Waals surface area contributed by atoms with E-state index in [9.17, 15) is 0 Å². The number of nitriles is 1. The molecule has 3 aromatic rings. The number of anilines is 1. The van der Waals surface area contributed by atoms with Gasteiger partial charge in [-0.25, -0.2) is 0 Å². The number of fused-ring (bicyclic) bond motifs is 3. The lowest BCUT2D eigenvalue weighted by atomic mass is 10.1. The van der Waals surface area contributed by atoms with Crippen LogP contribution in [-0.2, 0) is 0 Å². The van der Waals surface area contributed by atoms with Gasteiger partial charge in [-0.3, -0.25) is 0 Å². The van der Waals surface area contributed by atoms with Crippen LogP contribution in [0.2, 0.25) is 0 Å². The molecule has 0 unspecified atom stereocenters. The van der Waals surface area contributed by atoms with Crippen LogP contribution in [0.5, 0.6) is 0 Å². The number of benzene rings is 2. The van der Waals surface area contributed by atoms with Crippen LogP contribution in [0.15, 0.2) is 40.8 Å². The Labute approximate surface area is 91.7 Å². The molecule has 0 saturated heterocycles. The molecule has 0 atom stereocenters. The van der Waals surface area contributed by atoms with E-state index in [2.05, 4.69) is 6.07 Å². The summed E-state index contributed by atoms with van der Waals surface area (Å²) in [4.78, 5) is 0. The van der Waals surface area contributed by atoms with E-state index in [1.807, 2.05) is 24.3 Å². The fourth-order valence-corrected chi connectivity index (χ4v) is 1.90. The molecule has 2 N–H and O–H groups in total. The van der Waals surface area contributed by atoms with Crippen molar-refractivity contribution in [2.24, 2.45) is 0 Å². The van der Waals surface area contributed by atoms with Crippen molar-refractivity contribution in [3.05, 3.63) is 42.0 Å². The molecule has 0 radical (unpaired) electrons. The van der Waals surface area contributed by atoms with Gasteiger partial charge in [0.2, 0.25) is 0 Å². The van der Waals surface area contributed by atoms with Crippen molar-refractivity contribution in [1.82, 2.24) is 0 Å². The van der Waals surface area contributed by atoms with Gasteiger partial charge in [0, 0.05) is 16.5 Å². The smallest absolute Gasteiger partial charge is 0.153 e. The van der Waals surface area contributed by atoms with Gasteiger partial charge in [0.05, 0.1) is 5.56 Å². The van der Waals surface area contributed by atoms with Crippen molar-refractivity contribution in [2.75, 3.05) is 5.73 Å². The highest BCUT2D eigenvalue weighted by molar-refractivity contribution is 6.07. The molecule has 1 aromatic heterocycles. The molecule has 3 rings (SSSR count). The zero-order valence-electron chi connectivity index (χ0n) is 8.40. The van der Waals surface area contributed by atoms with Crippen LogP contribution in [-0.4, -0.2) is 0 Å². The van der Waals surface area contributed by atoms with E-state index < -0.39 is 0 Å². The molecule has 0 aliphatic rings. The van der Waals surface area contributed by atoms with Crippen LogP contribution in [0.1, 0.15) is 5.56 Å². The maximum atomic E-state index is 8.98. The van der Waals surface area contributed by atoms with Crippen molar-refractivity contribution in [2.45, 2.75) is 0 Å². The standard InChI is InChI=1S/C13H8N2O/c14-7-8-2-1-3-10-11-6-9(15)4-5-12(11)16-13(8)10/h1-6H,15H2. The van der Waals surface area contributed by atoms with Gasteiger partial charge in [-0.15, -0.1) is 0 Å². The minimum absolute atomic E-state index is 0.548. The molecule has 0 fully saturated rings. The largest absolute Gasteiger partial charge is 0.455 e. The minimum atomic E-state index is 0.548. The molecule has 0 spiro atoms. The van der Waals surface area contributed by atoms with Crippen LogP contribution in [0, 0.1) is 11.3 Å². The topological polar surface area (TPSA) is 63.0 Å². The summed E-state index contributed by atoms with van der Waals surface area (Å²) in [5.74, 6) is 0. The summed E-state index contributed by atoms with van der Waals surface area (Å²) >= 11 is 0. The Morgan fingerprint density at radius 3 is 2.81 bits per heavy atom. The van der Waals surface area contributed by atoms with Crippen LogP contribution in [0.25, 0.3) is 21.9 Å². The summed E-state index contributed by atoms with van der Waals surface area (Å²) in [7, 11) is 0. The van der Waals surface area contributed by atoms with Gasteiger partial charge in [-0.05, 0) is 24.3 Å². The predicted octanol–water partition coefficient (Wildman–Crippen LogP) is 3.04. The fraction of sp³-hybridized carbons (Fsp3) is 0. The Balaban J connectivity index is 2.57. The van der Waals surface area contributed by atoms with E-state index in [0.717, 1.165) is 16.4 Å². The van der Waals surface area contributed by atoms with Gasteiger partial charge < -0.3 is 10.2 Å². The third-order valence-corrected chi connectivity index (χ3v) is 2.64. The molecule has 0 amide bonds. The molecule has 1 heterocycles. The summed E-state index contributed by atoms with van der Waals surface area (Å²) in [5.41, 5.74) is 8.37. The average molecular weight is 208 g/mol. The quantitative estimate of drug-likeness (QED) is 0.577. The third kappa shape index (κ3) is 1.07. The van der Waals surface area contributed by atoms with Crippen LogP contribution >= 0.6 is 0 Å². The molecule has 0 bridgehead atoms. The maximum absolute atomic E-state index is 8.98. The van der Waals surface area contributed by atoms with E-state index in [4.69, 9.17) is 15.4 Å². The number of furan rings is 1. The summed E-state index contributed by atoms with van der Waals surface area (Å²) in [5, 5.41) is 10.9. The van der Waals surface area contributed by atoms with E-state index in [1.165, 1.54) is 0 Å². The van der Waals surface area contributed by atoms with Gasteiger partial charge in [-0.1, -0.05) is 12.1 Å². The first-order chi connectivity index (χ1) is 7.79. The number of hydrogen-bond donors (Lipinski definition) is 1. The molecule has 2 aromatic carbocycles. The van der Waals surface area contributed by atoms with E-state index in [0.29, 0.717) is 16.8 Å². The highest BCUT2D eigenvalue weighted by Gasteiger charge is 2.09. The number of hydrogen-bond acceptors (Lipinski definition) is 3. The molecule has 3 heteroatoms. The van der Waals surface area contributed by atoms with Crippen LogP contribution in [0.4, 0.5) is 5.69 Å². The van der Waals surface area contributed by atoms with E-state index >= 15 is 0 Å². The first-order valence-corrected chi connectivity index (χ1v) is 4.90. The molecule has 0 saturated carbocycles. The second-order valence-electron chi connectivity index (χ2n) is 3.65. The Morgan fingerprint density at radius 1 is 1.12 bits per heavy atom. The summed E-state index contributed by atoms with van der Waals surface area (Å²) in [6, 6.07) is 13.1. The van der Waals surface area contributed by atoms with Crippen molar-refractivity contribution < 1.29 is 4.42 Å². The normalized spacial score (nSPS) is 10.7. The lowest BCUT2D eigenvalue weighted by molar-refractivity contribution is 0.667. The monoisotopic (exact) mass is 208 g/mol. The zero-order valence-corrected chi connectivity index (χ0v) is 8.40. The predicted molar refractivity (Wildman–Crippen MR) is 62.8 cm³/mol. The van der Waals surface area contributed by atoms with E-state index in [1.54, 1.807) is 12.1 Å². The van der Waals surface area contributed by atoms with Crippen molar-refractivity contribution in [3.63, 3.8) is 0 Å². The van der Waals surface area contributed by atoms with Gasteiger partial charge in [0.15, 0.2) is 5.58 Å². The van der Waals surface area contributed by atoms with Crippen molar-refractivity contribution in [3.8, 4) is 6.07 Å². The molecular formula is C13H8N2O. The lowest BCUT2D eigenvalue weighted by Gasteiger charge is -1.91. The SMILES string of the molecule is N#Cc1cccc2c1oc1ccc(N)cc12. The molecule has 0 aliphatic carbocycles. The number of nitrogens with two attached hydrogens (primary N) is 1. The third-order valence-electron chi connectivity index (χ3n) is 2.64. The second kappa shape index (κ2) is 3.01. The molecule has 0 aliphatic heterocycles. The van der Waals surface area contributed by atoms with Crippen molar-refractivity contribution in [1.29, 1.82) is 5.26 Å². The number of para-hydroxylation sites is 1. The van der Waals surface area contributed by atoms with Crippen LogP contribution < -0.4 is 5.73 Å². The van der Waals surface area contributed by atoms with Crippen LogP contribution in [0.3, 0.4) is 0 Å². The summed E-state index contributed by atoms with van der Waals surface area (Å²) in [6.45, 7) is 0. The number of rotatable bonds is 0. The average Bonchev–Trinajstić information content (AvgIpc) is 2.67. The number of nitrogens with zero attached hydrogens (tertiary/aromatic N) is 1. The Bertz CT molecular complexity index is 735. The summed E-state index contributed by atoms with van der Waals surface area (Å²) < 4.78 is 5.65. The maximum Gasteiger partial charge on any atom is 0.153 e. The van der Waals surface area contributed by atoms with E-state index in [-0.39, 0.29) is 0 Å². The van der Waals surface area contributed by atoms with Gasteiger partial charge in [-0.2, -0.15) is 5.26 Å². The van der Waals surface area contributed by atoms with Gasteiger partial charge in [0.1, 0.15) is 11.7 Å². The molecule has 3 nitrogen and oxygen atoms in total. The van der Waals surface area contributed by atoms with Gasteiger partial charge >= 0.3 is 0 Å².